The third-order valence-electron chi connectivity index (χ3n) is 2.72. The molecule has 0 aliphatic rings. The van der Waals surface area contributed by atoms with Gasteiger partial charge in [0.2, 0.25) is 0 Å². The van der Waals surface area contributed by atoms with Crippen LogP contribution in [0.1, 0.15) is 20.7 Å². The van der Waals surface area contributed by atoms with Crippen molar-refractivity contribution in [1.29, 1.82) is 0 Å². The van der Waals surface area contributed by atoms with Crippen molar-refractivity contribution in [3.8, 4) is 0 Å². The molecule has 0 aliphatic heterocycles. The molecule has 2 aromatic carbocycles. The van der Waals surface area contributed by atoms with E-state index in [1.165, 1.54) is 19.2 Å². The number of carbonyl (C=O) groups excluding carboxylic acids is 1. The molecular formula is C15H13NO4. The fourth-order valence-corrected chi connectivity index (χ4v) is 1.77. The first-order chi connectivity index (χ1) is 9.61. The van der Waals surface area contributed by atoms with E-state index in [2.05, 4.69) is 5.32 Å². The van der Waals surface area contributed by atoms with E-state index in [4.69, 9.17) is 9.84 Å². The van der Waals surface area contributed by atoms with E-state index < -0.39 is 11.9 Å². The molecule has 0 radical (unpaired) electrons. The second kappa shape index (κ2) is 5.88. The van der Waals surface area contributed by atoms with Crippen molar-refractivity contribution >= 4 is 23.3 Å². The lowest BCUT2D eigenvalue weighted by Gasteiger charge is -2.11. The van der Waals surface area contributed by atoms with Crippen molar-refractivity contribution in [3.63, 3.8) is 0 Å². The monoisotopic (exact) mass is 271 g/mol. The van der Waals surface area contributed by atoms with Crippen LogP contribution in [0.25, 0.3) is 0 Å². The summed E-state index contributed by atoms with van der Waals surface area (Å²) in [5.41, 5.74) is 1.70. The number of carbonyl (C=O) groups is 2. The molecule has 0 unspecified atom stereocenters. The zero-order valence-electron chi connectivity index (χ0n) is 10.8. The molecule has 0 saturated carbocycles. The Balaban J connectivity index is 2.33. The predicted molar refractivity (Wildman–Crippen MR) is 74.5 cm³/mol. The van der Waals surface area contributed by atoms with E-state index in [-0.39, 0.29) is 5.56 Å². The lowest BCUT2D eigenvalue weighted by Crippen LogP contribution is -2.05. The molecule has 102 valence electrons. The minimum absolute atomic E-state index is 0.172. The summed E-state index contributed by atoms with van der Waals surface area (Å²) < 4.78 is 4.70. The van der Waals surface area contributed by atoms with Gasteiger partial charge < -0.3 is 15.2 Å². The molecule has 0 atom stereocenters. The summed E-state index contributed by atoms with van der Waals surface area (Å²) in [7, 11) is 1.31. The largest absolute Gasteiger partial charge is 0.478 e. The molecule has 0 aliphatic carbocycles. The van der Waals surface area contributed by atoms with Gasteiger partial charge in [0.15, 0.2) is 0 Å². The lowest BCUT2D eigenvalue weighted by molar-refractivity contribution is 0.0601. The van der Waals surface area contributed by atoms with Crippen LogP contribution in [0.15, 0.2) is 48.5 Å². The van der Waals surface area contributed by atoms with E-state index in [0.29, 0.717) is 16.9 Å². The average Bonchev–Trinajstić information content (AvgIpc) is 2.47. The maximum atomic E-state index is 11.6. The number of hydrogen-bond donors (Lipinski definition) is 2. The number of carboxylic acid groups (broad SMARTS) is 1. The number of nitrogens with one attached hydrogen (secondary N) is 1. The Bertz CT molecular complexity index is 652. The van der Waals surface area contributed by atoms with Crippen molar-refractivity contribution in [3.05, 3.63) is 59.7 Å². The number of aromatic carboxylic acids is 1. The molecule has 0 bridgehead atoms. The Morgan fingerprint density at radius 2 is 1.85 bits per heavy atom. The Hall–Kier alpha value is -2.82. The molecule has 20 heavy (non-hydrogen) atoms. The van der Waals surface area contributed by atoms with Crippen LogP contribution >= 0.6 is 0 Å². The molecule has 2 N–H and O–H groups in total. The minimum atomic E-state index is -1.00. The summed E-state index contributed by atoms with van der Waals surface area (Å²) >= 11 is 0. The number of methoxy groups -OCH3 is 1. The number of benzene rings is 2. The zero-order chi connectivity index (χ0) is 14.5. The van der Waals surface area contributed by atoms with Gasteiger partial charge in [-0.25, -0.2) is 9.59 Å². The van der Waals surface area contributed by atoms with Crippen LogP contribution in [-0.4, -0.2) is 24.2 Å². The highest BCUT2D eigenvalue weighted by atomic mass is 16.5. The molecule has 0 fully saturated rings. The number of esters is 1. The zero-order valence-corrected chi connectivity index (χ0v) is 10.8. The van der Waals surface area contributed by atoms with E-state index in [1.807, 2.05) is 0 Å². The number of ether oxygens (including phenoxy) is 1. The van der Waals surface area contributed by atoms with Gasteiger partial charge in [-0.15, -0.1) is 0 Å². The molecule has 0 amide bonds. The van der Waals surface area contributed by atoms with Crippen molar-refractivity contribution in [2.75, 3.05) is 12.4 Å². The first-order valence-corrected chi connectivity index (χ1v) is 5.89. The van der Waals surface area contributed by atoms with Crippen LogP contribution < -0.4 is 5.32 Å². The van der Waals surface area contributed by atoms with Crippen molar-refractivity contribution in [1.82, 2.24) is 0 Å². The standard InChI is InChI=1S/C15H13NO4/c1-20-15(19)12-7-2-3-8-13(12)16-11-6-4-5-10(9-11)14(17)18/h2-9,16H,1H3,(H,17,18). The van der Waals surface area contributed by atoms with Gasteiger partial charge in [-0.05, 0) is 30.3 Å². The number of carboxylic acids is 1. The van der Waals surface area contributed by atoms with Crippen LogP contribution in [0.5, 0.6) is 0 Å². The molecule has 0 saturated heterocycles. The van der Waals surface area contributed by atoms with Crippen molar-refractivity contribution in [2.45, 2.75) is 0 Å². The minimum Gasteiger partial charge on any atom is -0.478 e. The van der Waals surface area contributed by atoms with Crippen LogP contribution in [0, 0.1) is 0 Å². The molecule has 5 heteroatoms. The summed E-state index contributed by atoms with van der Waals surface area (Å²) in [6, 6.07) is 13.2. The molecular weight excluding hydrogens is 258 g/mol. The number of rotatable bonds is 4. The molecule has 0 heterocycles. The average molecular weight is 271 g/mol. The highest BCUT2D eigenvalue weighted by Crippen LogP contribution is 2.22. The van der Waals surface area contributed by atoms with Gasteiger partial charge in [-0.2, -0.15) is 0 Å². The number of hydrogen-bond acceptors (Lipinski definition) is 4. The van der Waals surface area contributed by atoms with E-state index >= 15 is 0 Å². The Labute approximate surface area is 115 Å². The van der Waals surface area contributed by atoms with E-state index in [9.17, 15) is 9.59 Å². The fraction of sp³-hybridized carbons (Fsp3) is 0.0667. The Morgan fingerprint density at radius 1 is 1.10 bits per heavy atom. The van der Waals surface area contributed by atoms with Crippen LogP contribution in [0.4, 0.5) is 11.4 Å². The van der Waals surface area contributed by atoms with Gasteiger partial charge in [0.25, 0.3) is 0 Å². The van der Waals surface area contributed by atoms with Gasteiger partial charge >= 0.3 is 11.9 Å². The van der Waals surface area contributed by atoms with E-state index in [0.717, 1.165) is 0 Å². The second-order valence-electron chi connectivity index (χ2n) is 4.05. The van der Waals surface area contributed by atoms with Crippen molar-refractivity contribution in [2.24, 2.45) is 0 Å². The lowest BCUT2D eigenvalue weighted by atomic mass is 10.1. The van der Waals surface area contributed by atoms with Crippen LogP contribution in [0.2, 0.25) is 0 Å². The van der Waals surface area contributed by atoms with Crippen LogP contribution in [0.3, 0.4) is 0 Å². The summed E-state index contributed by atoms with van der Waals surface area (Å²) in [5.74, 6) is -1.46. The molecule has 5 nitrogen and oxygen atoms in total. The van der Waals surface area contributed by atoms with E-state index in [1.54, 1.807) is 36.4 Å². The summed E-state index contributed by atoms with van der Waals surface area (Å²) in [6.45, 7) is 0. The maximum absolute atomic E-state index is 11.6. The first-order valence-electron chi connectivity index (χ1n) is 5.89. The number of anilines is 2. The van der Waals surface area contributed by atoms with Gasteiger partial charge in [-0.1, -0.05) is 18.2 Å². The summed E-state index contributed by atoms with van der Waals surface area (Å²) in [4.78, 5) is 22.6. The van der Waals surface area contributed by atoms with Gasteiger partial charge in [0.05, 0.1) is 23.9 Å². The normalized spacial score (nSPS) is 9.85. The van der Waals surface area contributed by atoms with Gasteiger partial charge in [0.1, 0.15) is 0 Å². The molecule has 0 spiro atoms. The maximum Gasteiger partial charge on any atom is 0.339 e. The smallest absolute Gasteiger partial charge is 0.339 e. The summed E-state index contributed by atoms with van der Waals surface area (Å²) in [6.07, 6.45) is 0. The molecule has 2 aromatic rings. The first kappa shape index (κ1) is 13.6. The number of para-hydroxylation sites is 1. The molecule has 2 rings (SSSR count). The fourth-order valence-electron chi connectivity index (χ4n) is 1.77. The van der Waals surface area contributed by atoms with Gasteiger partial charge in [0, 0.05) is 5.69 Å². The molecule has 0 aromatic heterocycles. The predicted octanol–water partition coefficient (Wildman–Crippen LogP) is 2.92. The highest BCUT2D eigenvalue weighted by Gasteiger charge is 2.11. The Kier molecular flexibility index (Phi) is 4.00. The second-order valence-corrected chi connectivity index (χ2v) is 4.05. The Morgan fingerprint density at radius 3 is 2.55 bits per heavy atom. The topological polar surface area (TPSA) is 75.6 Å². The summed E-state index contributed by atoms with van der Waals surface area (Å²) in [5, 5.41) is 12.0. The van der Waals surface area contributed by atoms with Crippen molar-refractivity contribution < 1.29 is 19.4 Å². The SMILES string of the molecule is COC(=O)c1ccccc1Nc1cccc(C(=O)O)c1. The quantitative estimate of drug-likeness (QED) is 0.836. The third kappa shape index (κ3) is 2.95. The highest BCUT2D eigenvalue weighted by molar-refractivity contribution is 5.96. The third-order valence-corrected chi connectivity index (χ3v) is 2.72. The van der Waals surface area contributed by atoms with Gasteiger partial charge in [-0.3, -0.25) is 0 Å². The van der Waals surface area contributed by atoms with Crippen LogP contribution in [-0.2, 0) is 4.74 Å².